The predicted molar refractivity (Wildman–Crippen MR) is 41.8 cm³/mol. The van der Waals surface area contributed by atoms with Crippen molar-refractivity contribution in [1.29, 1.82) is 0 Å². The summed E-state index contributed by atoms with van der Waals surface area (Å²) in [6.07, 6.45) is 0.811. The van der Waals surface area contributed by atoms with Crippen molar-refractivity contribution in [3.63, 3.8) is 0 Å². The fourth-order valence-electron chi connectivity index (χ4n) is 0.607. The molecule has 0 N–H and O–H groups in total. The van der Waals surface area contributed by atoms with Gasteiger partial charge in [-0.1, -0.05) is 11.5 Å². The highest BCUT2D eigenvalue weighted by Gasteiger charge is 2.15. The van der Waals surface area contributed by atoms with Gasteiger partial charge in [0, 0.05) is 25.4 Å². The van der Waals surface area contributed by atoms with Crippen molar-refractivity contribution in [2.24, 2.45) is 5.29 Å². The molecule has 0 bridgehead atoms. The van der Waals surface area contributed by atoms with Gasteiger partial charge in [0.1, 0.15) is 0 Å². The Kier molecular flexibility index (Phi) is 4.52. The minimum absolute atomic E-state index is 0.246. The molecule has 0 fully saturated rings. The second-order valence-electron chi connectivity index (χ2n) is 2.05. The van der Waals surface area contributed by atoms with Crippen LogP contribution in [-0.4, -0.2) is 29.1 Å². The Bertz CT molecular complexity index is 153. The standard InChI is InChI=1S/C5H10ClN3O2/c1-3-4-8(2)5(10)9(6)7-11/h3-4H2,1-2H3. The summed E-state index contributed by atoms with van der Waals surface area (Å²) in [6.45, 7) is 2.47. The van der Waals surface area contributed by atoms with E-state index in [1.165, 1.54) is 4.90 Å². The second-order valence-corrected chi connectivity index (χ2v) is 2.37. The lowest BCUT2D eigenvalue weighted by Crippen LogP contribution is -2.33. The van der Waals surface area contributed by atoms with Gasteiger partial charge < -0.3 is 4.90 Å². The number of nitrogens with zero attached hydrogens (tertiary/aromatic N) is 3. The fourth-order valence-corrected chi connectivity index (χ4v) is 0.736. The molecule has 0 spiro atoms. The Labute approximate surface area is 70.0 Å². The number of amides is 2. The third kappa shape index (κ3) is 3.18. The Morgan fingerprint density at radius 1 is 1.64 bits per heavy atom. The molecule has 0 heterocycles. The zero-order valence-corrected chi connectivity index (χ0v) is 7.21. The predicted octanol–water partition coefficient (Wildman–Crippen LogP) is 1.59. The zero-order chi connectivity index (χ0) is 8.85. The highest BCUT2D eigenvalue weighted by Crippen LogP contribution is 2.01. The Hall–Kier alpha value is -0.840. The van der Waals surface area contributed by atoms with Crippen molar-refractivity contribution < 1.29 is 4.79 Å². The van der Waals surface area contributed by atoms with Crippen molar-refractivity contribution in [1.82, 2.24) is 9.43 Å². The van der Waals surface area contributed by atoms with Crippen LogP contribution >= 0.6 is 11.8 Å². The van der Waals surface area contributed by atoms with E-state index in [0.717, 1.165) is 6.42 Å². The van der Waals surface area contributed by atoms with Crippen molar-refractivity contribution >= 4 is 17.8 Å². The van der Waals surface area contributed by atoms with Gasteiger partial charge in [-0.3, -0.25) is 0 Å². The molecule has 0 rings (SSSR count). The fraction of sp³-hybridized carbons (Fsp3) is 0.800. The minimum atomic E-state index is -0.608. The maximum Gasteiger partial charge on any atom is 0.358 e. The number of nitroso groups, excluding NO2 is 1. The van der Waals surface area contributed by atoms with Crippen molar-refractivity contribution in [3.05, 3.63) is 4.91 Å². The summed E-state index contributed by atoms with van der Waals surface area (Å²) < 4.78 is 0.246. The molecule has 0 aromatic rings. The second kappa shape index (κ2) is 4.90. The highest BCUT2D eigenvalue weighted by molar-refractivity contribution is 6.20. The van der Waals surface area contributed by atoms with Gasteiger partial charge in [0.2, 0.25) is 0 Å². The molecule has 0 aromatic carbocycles. The smallest absolute Gasteiger partial charge is 0.325 e. The quantitative estimate of drug-likeness (QED) is 0.375. The molecular weight excluding hydrogens is 170 g/mol. The summed E-state index contributed by atoms with van der Waals surface area (Å²) in [5, 5.41) is 2.25. The SMILES string of the molecule is CCCN(C)C(=O)N(Cl)N=O. The van der Waals surface area contributed by atoms with E-state index in [0.29, 0.717) is 6.54 Å². The van der Waals surface area contributed by atoms with Crippen molar-refractivity contribution in [2.75, 3.05) is 13.6 Å². The van der Waals surface area contributed by atoms with Crippen LogP contribution < -0.4 is 0 Å². The third-order valence-electron chi connectivity index (χ3n) is 1.12. The summed E-state index contributed by atoms with van der Waals surface area (Å²) in [4.78, 5) is 22.0. The molecule has 0 aliphatic heterocycles. The number of carbonyl (C=O) groups excluding carboxylic acids is 1. The lowest BCUT2D eigenvalue weighted by molar-refractivity contribution is 0.190. The minimum Gasteiger partial charge on any atom is -0.325 e. The van der Waals surface area contributed by atoms with Crippen LogP contribution in [0.1, 0.15) is 13.3 Å². The van der Waals surface area contributed by atoms with Crippen LogP contribution in [0.3, 0.4) is 0 Å². The van der Waals surface area contributed by atoms with Gasteiger partial charge in [-0.05, 0) is 6.42 Å². The van der Waals surface area contributed by atoms with Crippen LogP contribution in [0.25, 0.3) is 0 Å². The van der Waals surface area contributed by atoms with Gasteiger partial charge in [0.15, 0.2) is 0 Å². The van der Waals surface area contributed by atoms with Gasteiger partial charge in [0.05, 0.1) is 5.29 Å². The van der Waals surface area contributed by atoms with Crippen LogP contribution in [0, 0.1) is 4.91 Å². The summed E-state index contributed by atoms with van der Waals surface area (Å²) in [5.41, 5.74) is 0. The van der Waals surface area contributed by atoms with E-state index in [4.69, 9.17) is 11.8 Å². The molecule has 6 heteroatoms. The van der Waals surface area contributed by atoms with Crippen molar-refractivity contribution in [3.8, 4) is 0 Å². The maximum atomic E-state index is 10.9. The number of carbonyl (C=O) groups is 1. The van der Waals surface area contributed by atoms with Crippen LogP contribution in [0.4, 0.5) is 4.79 Å². The van der Waals surface area contributed by atoms with Gasteiger partial charge in [-0.2, -0.15) is 0 Å². The number of urea groups is 1. The monoisotopic (exact) mass is 179 g/mol. The molecular formula is C5H10ClN3O2. The van der Waals surface area contributed by atoms with Crippen molar-refractivity contribution in [2.45, 2.75) is 13.3 Å². The molecule has 0 unspecified atom stereocenters. The van der Waals surface area contributed by atoms with Crippen LogP contribution in [0.15, 0.2) is 5.29 Å². The Morgan fingerprint density at radius 3 is 2.55 bits per heavy atom. The lowest BCUT2D eigenvalue weighted by atomic mass is 10.4. The maximum absolute atomic E-state index is 10.9. The highest BCUT2D eigenvalue weighted by atomic mass is 35.5. The molecule has 2 amide bonds. The van der Waals surface area contributed by atoms with E-state index in [-0.39, 0.29) is 4.53 Å². The van der Waals surface area contributed by atoms with E-state index in [2.05, 4.69) is 5.29 Å². The first-order valence-electron chi connectivity index (χ1n) is 3.17. The van der Waals surface area contributed by atoms with E-state index >= 15 is 0 Å². The first kappa shape index (κ1) is 10.2. The average Bonchev–Trinajstić information content (AvgIpc) is 2.02. The zero-order valence-electron chi connectivity index (χ0n) is 6.45. The number of halogens is 1. The average molecular weight is 180 g/mol. The summed E-state index contributed by atoms with van der Waals surface area (Å²) >= 11 is 5.11. The first-order chi connectivity index (χ1) is 5.13. The topological polar surface area (TPSA) is 53.0 Å². The Morgan fingerprint density at radius 2 is 2.18 bits per heavy atom. The molecule has 0 aliphatic carbocycles. The normalized spacial score (nSPS) is 9.00. The number of hydrogen-bond acceptors (Lipinski definition) is 3. The van der Waals surface area contributed by atoms with Gasteiger partial charge in [-0.25, -0.2) is 4.79 Å². The first-order valence-corrected chi connectivity index (χ1v) is 3.51. The molecule has 0 aromatic heterocycles. The lowest BCUT2D eigenvalue weighted by Gasteiger charge is -2.16. The number of rotatable bonds is 3. The third-order valence-corrected chi connectivity index (χ3v) is 1.32. The summed E-state index contributed by atoms with van der Waals surface area (Å²) in [5.74, 6) is 0. The summed E-state index contributed by atoms with van der Waals surface area (Å²) in [6, 6.07) is -0.608. The van der Waals surface area contributed by atoms with Crippen LogP contribution in [-0.2, 0) is 0 Å². The molecule has 0 radical (unpaired) electrons. The van der Waals surface area contributed by atoms with E-state index in [9.17, 15) is 9.70 Å². The van der Waals surface area contributed by atoms with Crippen LogP contribution in [0.2, 0.25) is 0 Å². The molecule has 64 valence electrons. The number of hydrogen-bond donors (Lipinski definition) is 0. The molecule has 0 atom stereocenters. The molecule has 0 saturated carbocycles. The summed E-state index contributed by atoms with van der Waals surface area (Å²) in [7, 11) is 1.55. The van der Waals surface area contributed by atoms with Gasteiger partial charge in [-0.15, -0.1) is 4.91 Å². The van der Waals surface area contributed by atoms with Gasteiger partial charge >= 0.3 is 6.03 Å². The Balaban J connectivity index is 3.90. The molecule has 5 nitrogen and oxygen atoms in total. The molecule has 0 saturated heterocycles. The largest absolute Gasteiger partial charge is 0.358 e. The van der Waals surface area contributed by atoms with E-state index in [1.54, 1.807) is 7.05 Å². The molecule has 11 heavy (non-hydrogen) atoms. The van der Waals surface area contributed by atoms with E-state index in [1.807, 2.05) is 6.92 Å². The van der Waals surface area contributed by atoms with Gasteiger partial charge in [0.25, 0.3) is 0 Å². The van der Waals surface area contributed by atoms with E-state index < -0.39 is 6.03 Å². The van der Waals surface area contributed by atoms with Crippen LogP contribution in [0.5, 0.6) is 0 Å². The molecule has 0 aliphatic rings.